The van der Waals surface area contributed by atoms with E-state index < -0.39 is 18.2 Å². The highest BCUT2D eigenvalue weighted by molar-refractivity contribution is 6.00. The van der Waals surface area contributed by atoms with E-state index in [2.05, 4.69) is 5.32 Å². The predicted molar refractivity (Wildman–Crippen MR) is 120 cm³/mol. The summed E-state index contributed by atoms with van der Waals surface area (Å²) < 4.78 is 5.80. The van der Waals surface area contributed by atoms with Gasteiger partial charge in [0, 0.05) is 11.5 Å². The lowest BCUT2D eigenvalue weighted by molar-refractivity contribution is -0.131. The van der Waals surface area contributed by atoms with Gasteiger partial charge >= 0.3 is 12.1 Å². The molecule has 0 saturated carbocycles. The van der Waals surface area contributed by atoms with E-state index in [1.165, 1.54) is 0 Å². The van der Waals surface area contributed by atoms with Crippen LogP contribution in [0.15, 0.2) is 78.9 Å². The molecule has 0 saturated heterocycles. The van der Waals surface area contributed by atoms with Crippen molar-refractivity contribution in [2.75, 3.05) is 5.32 Å². The standard InChI is InChI=1S/C25H25NO5/c1-17(7-2-5-12-23(28)29)24(19-13-15-20(27)16-14-19)31-25(30)26-22-11-6-9-18-8-3-4-10-21(18)22/h3-6,8-17,24,27H,2,7H2,1H3,(H,26,30)(H,28,29)/b12-5+/t17-,24-/m0/s1. The summed E-state index contributed by atoms with van der Waals surface area (Å²) in [6.07, 6.45) is 2.71. The van der Waals surface area contributed by atoms with E-state index in [1.54, 1.807) is 30.3 Å². The Hall–Kier alpha value is -3.80. The van der Waals surface area contributed by atoms with Crippen LogP contribution in [0.3, 0.4) is 0 Å². The molecule has 31 heavy (non-hydrogen) atoms. The molecule has 0 bridgehead atoms. The van der Waals surface area contributed by atoms with Gasteiger partial charge in [-0.2, -0.15) is 0 Å². The van der Waals surface area contributed by atoms with E-state index in [0.29, 0.717) is 18.5 Å². The number of carboxylic acid groups (broad SMARTS) is 1. The maximum atomic E-state index is 12.8. The molecule has 6 heteroatoms. The summed E-state index contributed by atoms with van der Waals surface area (Å²) in [6, 6.07) is 19.9. The number of hydrogen-bond acceptors (Lipinski definition) is 4. The van der Waals surface area contributed by atoms with Crippen LogP contribution in [0, 0.1) is 5.92 Å². The topological polar surface area (TPSA) is 95.9 Å². The molecule has 0 aliphatic carbocycles. The van der Waals surface area contributed by atoms with Gasteiger partial charge in [-0.05, 0) is 47.9 Å². The second-order valence-corrected chi connectivity index (χ2v) is 7.36. The fraction of sp³-hybridized carbons (Fsp3) is 0.200. The van der Waals surface area contributed by atoms with E-state index in [1.807, 2.05) is 49.4 Å². The summed E-state index contributed by atoms with van der Waals surface area (Å²) in [5.41, 5.74) is 1.41. The van der Waals surface area contributed by atoms with E-state index in [9.17, 15) is 14.7 Å². The molecule has 0 aliphatic heterocycles. The minimum Gasteiger partial charge on any atom is -0.508 e. The molecular formula is C25H25NO5. The first-order chi connectivity index (χ1) is 14.9. The van der Waals surface area contributed by atoms with Crippen molar-refractivity contribution in [2.45, 2.75) is 25.9 Å². The Morgan fingerprint density at radius 3 is 2.48 bits per heavy atom. The number of fused-ring (bicyclic) bond motifs is 1. The number of carboxylic acids is 1. The molecule has 1 amide bonds. The van der Waals surface area contributed by atoms with Gasteiger partial charge < -0.3 is 14.9 Å². The van der Waals surface area contributed by atoms with Gasteiger partial charge in [0.05, 0.1) is 5.69 Å². The number of anilines is 1. The zero-order valence-corrected chi connectivity index (χ0v) is 17.2. The van der Waals surface area contributed by atoms with Crippen LogP contribution in [0.1, 0.15) is 31.4 Å². The van der Waals surface area contributed by atoms with E-state index >= 15 is 0 Å². The number of ether oxygens (including phenoxy) is 1. The zero-order chi connectivity index (χ0) is 22.2. The number of phenolic OH excluding ortho intramolecular Hbond substituents is 1. The van der Waals surface area contributed by atoms with Gasteiger partial charge in [0.2, 0.25) is 0 Å². The highest BCUT2D eigenvalue weighted by atomic mass is 16.6. The Bertz CT molecular complexity index is 1070. The minimum atomic E-state index is -0.992. The van der Waals surface area contributed by atoms with Crippen molar-refractivity contribution < 1.29 is 24.5 Å². The van der Waals surface area contributed by atoms with Crippen LogP contribution in [0.2, 0.25) is 0 Å². The van der Waals surface area contributed by atoms with Crippen molar-refractivity contribution in [1.82, 2.24) is 0 Å². The highest BCUT2D eigenvalue weighted by Crippen LogP contribution is 2.31. The maximum absolute atomic E-state index is 12.8. The number of aromatic hydroxyl groups is 1. The third kappa shape index (κ3) is 6.09. The number of nitrogens with one attached hydrogen (secondary N) is 1. The molecule has 3 rings (SSSR count). The van der Waals surface area contributed by atoms with E-state index in [0.717, 1.165) is 22.4 Å². The van der Waals surface area contributed by atoms with Crippen molar-refractivity contribution >= 4 is 28.5 Å². The SMILES string of the molecule is C[C@@H](CC/C=C/C(=O)O)[C@H](OC(=O)Nc1cccc2ccccc12)c1ccc(O)cc1. The van der Waals surface area contributed by atoms with E-state index in [-0.39, 0.29) is 11.7 Å². The number of phenols is 1. The van der Waals surface area contributed by atoms with E-state index in [4.69, 9.17) is 9.84 Å². The van der Waals surface area contributed by atoms with Crippen molar-refractivity contribution in [1.29, 1.82) is 0 Å². The monoisotopic (exact) mass is 419 g/mol. The fourth-order valence-electron chi connectivity index (χ4n) is 3.46. The molecule has 0 aliphatic rings. The minimum absolute atomic E-state index is 0.0822. The number of allylic oxidation sites excluding steroid dienone is 1. The number of carbonyl (C=O) groups is 2. The summed E-state index contributed by atoms with van der Waals surface area (Å²) in [7, 11) is 0. The van der Waals surface area contributed by atoms with Crippen molar-refractivity contribution in [3.63, 3.8) is 0 Å². The van der Waals surface area contributed by atoms with Crippen molar-refractivity contribution in [3.8, 4) is 5.75 Å². The summed E-state index contributed by atoms with van der Waals surface area (Å²) in [5, 5.41) is 23.1. The predicted octanol–water partition coefficient (Wildman–Crippen LogP) is 5.89. The first-order valence-electron chi connectivity index (χ1n) is 10.1. The van der Waals surface area contributed by atoms with Crippen LogP contribution in [0.4, 0.5) is 10.5 Å². The quantitative estimate of drug-likeness (QED) is 0.396. The van der Waals surface area contributed by atoms with Crippen LogP contribution in [0.5, 0.6) is 5.75 Å². The molecule has 0 heterocycles. The number of aliphatic carboxylic acids is 1. The molecule has 160 valence electrons. The molecule has 0 aromatic heterocycles. The normalized spacial score (nSPS) is 13.1. The first-order valence-corrected chi connectivity index (χ1v) is 10.1. The van der Waals surface area contributed by atoms with Gasteiger partial charge in [0.25, 0.3) is 0 Å². The molecule has 0 radical (unpaired) electrons. The molecule has 6 nitrogen and oxygen atoms in total. The fourth-order valence-corrected chi connectivity index (χ4v) is 3.46. The molecule has 2 atom stereocenters. The van der Waals surface area contributed by atoms with Crippen LogP contribution in [-0.4, -0.2) is 22.3 Å². The number of rotatable bonds is 8. The molecule has 3 aromatic rings. The van der Waals surface area contributed by atoms with Gasteiger partial charge in [-0.3, -0.25) is 5.32 Å². The van der Waals surface area contributed by atoms with Gasteiger partial charge in [-0.1, -0.05) is 61.5 Å². The Balaban J connectivity index is 1.76. The lowest BCUT2D eigenvalue weighted by Gasteiger charge is -2.25. The average molecular weight is 419 g/mol. The third-order valence-corrected chi connectivity index (χ3v) is 5.05. The van der Waals surface area contributed by atoms with Crippen molar-refractivity contribution in [2.24, 2.45) is 5.92 Å². The number of carbonyl (C=O) groups excluding carboxylic acids is 1. The summed E-state index contributed by atoms with van der Waals surface area (Å²) in [5.74, 6) is -0.950. The number of benzene rings is 3. The Labute approximate surface area is 180 Å². The summed E-state index contributed by atoms with van der Waals surface area (Å²) >= 11 is 0. The number of amides is 1. The third-order valence-electron chi connectivity index (χ3n) is 5.05. The van der Waals surface area contributed by atoms with Gasteiger partial charge in [-0.15, -0.1) is 0 Å². The molecule has 0 unspecified atom stereocenters. The molecular weight excluding hydrogens is 394 g/mol. The van der Waals surface area contributed by atoms with Gasteiger partial charge in [-0.25, -0.2) is 9.59 Å². The molecule has 3 N–H and O–H groups in total. The Morgan fingerprint density at radius 2 is 1.74 bits per heavy atom. The van der Waals surface area contributed by atoms with Crippen molar-refractivity contribution in [3.05, 3.63) is 84.4 Å². The average Bonchev–Trinajstić information content (AvgIpc) is 2.76. The second kappa shape index (κ2) is 10.3. The lowest BCUT2D eigenvalue weighted by Crippen LogP contribution is -2.22. The zero-order valence-electron chi connectivity index (χ0n) is 17.2. The summed E-state index contributed by atoms with van der Waals surface area (Å²) in [6.45, 7) is 1.94. The lowest BCUT2D eigenvalue weighted by atomic mass is 9.93. The Morgan fingerprint density at radius 1 is 1.03 bits per heavy atom. The van der Waals surface area contributed by atoms with Crippen LogP contribution in [0.25, 0.3) is 10.8 Å². The highest BCUT2D eigenvalue weighted by Gasteiger charge is 2.24. The summed E-state index contributed by atoms with van der Waals surface area (Å²) in [4.78, 5) is 23.4. The smallest absolute Gasteiger partial charge is 0.412 e. The second-order valence-electron chi connectivity index (χ2n) is 7.36. The largest absolute Gasteiger partial charge is 0.508 e. The van der Waals surface area contributed by atoms with Crippen LogP contribution in [-0.2, 0) is 9.53 Å². The van der Waals surface area contributed by atoms with Gasteiger partial charge in [0.15, 0.2) is 0 Å². The molecule has 0 fully saturated rings. The first kappa shape index (κ1) is 21.9. The van der Waals surface area contributed by atoms with Crippen LogP contribution < -0.4 is 5.32 Å². The number of hydrogen-bond donors (Lipinski definition) is 3. The molecule has 3 aromatic carbocycles. The Kier molecular flexibility index (Phi) is 7.27. The maximum Gasteiger partial charge on any atom is 0.412 e. The van der Waals surface area contributed by atoms with Gasteiger partial charge in [0.1, 0.15) is 11.9 Å². The molecule has 0 spiro atoms. The van der Waals surface area contributed by atoms with Crippen LogP contribution >= 0.6 is 0 Å².